The van der Waals surface area contributed by atoms with E-state index in [9.17, 15) is 18.5 Å². The molecule has 9 heteroatoms. The molecule has 0 saturated carbocycles. The van der Waals surface area contributed by atoms with E-state index >= 15 is 0 Å². The van der Waals surface area contributed by atoms with Crippen molar-refractivity contribution in [3.05, 3.63) is 62.7 Å². The summed E-state index contributed by atoms with van der Waals surface area (Å²) in [7, 11) is -3.91. The Labute approximate surface area is 171 Å². The second-order valence-electron chi connectivity index (χ2n) is 6.71. The van der Waals surface area contributed by atoms with Gasteiger partial charge in [0.15, 0.2) is 0 Å². The molecule has 0 fully saturated rings. The van der Waals surface area contributed by atoms with Gasteiger partial charge >= 0.3 is 0 Å². The van der Waals surface area contributed by atoms with E-state index in [1.807, 2.05) is 32.9 Å². The van der Waals surface area contributed by atoms with Gasteiger partial charge < -0.3 is 0 Å². The zero-order valence-corrected chi connectivity index (χ0v) is 18.1. The second-order valence-corrected chi connectivity index (χ2v) is 8.62. The summed E-state index contributed by atoms with van der Waals surface area (Å²) in [5.41, 5.74) is 6.81. The molecule has 0 bridgehead atoms. The molecule has 0 aromatic heterocycles. The van der Waals surface area contributed by atoms with Gasteiger partial charge in [-0.25, -0.2) is 8.42 Å². The van der Waals surface area contributed by atoms with Gasteiger partial charge in [-0.15, -0.1) is 0 Å². The average molecular weight is 419 g/mol. The van der Waals surface area contributed by atoms with Crippen molar-refractivity contribution in [2.45, 2.75) is 39.5 Å². The Morgan fingerprint density at radius 1 is 1.10 bits per heavy atom. The zero-order valence-electron chi connectivity index (χ0n) is 17.3. The molecule has 0 unspecified atom stereocenters. The Morgan fingerprint density at radius 3 is 2.21 bits per heavy atom. The maximum absolute atomic E-state index is 13.0. The fourth-order valence-electron chi connectivity index (χ4n) is 3.19. The number of hydrogen-bond acceptors (Lipinski definition) is 6. The molecule has 0 saturated heterocycles. The van der Waals surface area contributed by atoms with E-state index < -0.39 is 14.9 Å². The number of hydrazone groups is 1. The summed E-state index contributed by atoms with van der Waals surface area (Å²) < 4.78 is 27.2. The number of sulfonamides is 1. The van der Waals surface area contributed by atoms with Crippen molar-refractivity contribution in [2.75, 3.05) is 18.5 Å². The molecule has 0 radical (unpaired) electrons. The van der Waals surface area contributed by atoms with Gasteiger partial charge in [0.05, 0.1) is 16.8 Å². The molecule has 0 aliphatic rings. The maximum atomic E-state index is 13.0. The van der Waals surface area contributed by atoms with Gasteiger partial charge in [0, 0.05) is 30.8 Å². The second kappa shape index (κ2) is 9.15. The van der Waals surface area contributed by atoms with Crippen molar-refractivity contribution in [1.29, 1.82) is 0 Å². The van der Waals surface area contributed by atoms with E-state index in [1.54, 1.807) is 20.1 Å². The first kappa shape index (κ1) is 22.5. The first-order valence-electron chi connectivity index (χ1n) is 9.27. The van der Waals surface area contributed by atoms with Gasteiger partial charge in [-0.3, -0.25) is 15.5 Å². The third kappa shape index (κ3) is 4.99. The Kier molecular flexibility index (Phi) is 7.10. The van der Waals surface area contributed by atoms with Crippen molar-refractivity contribution in [3.63, 3.8) is 0 Å². The van der Waals surface area contributed by atoms with E-state index in [2.05, 4.69) is 10.5 Å². The van der Waals surface area contributed by atoms with Crippen molar-refractivity contribution in [2.24, 2.45) is 5.10 Å². The van der Waals surface area contributed by atoms with Crippen molar-refractivity contribution >= 4 is 27.6 Å². The summed E-state index contributed by atoms with van der Waals surface area (Å²) in [6.07, 6.45) is 1.62. The summed E-state index contributed by atoms with van der Waals surface area (Å²) in [6, 6.07) is 7.75. The number of aryl methyl sites for hydroxylation is 3. The van der Waals surface area contributed by atoms with Crippen LogP contribution in [0.25, 0.3) is 0 Å². The molecule has 0 heterocycles. The minimum Gasteiger partial charge on any atom is -0.277 e. The number of hydrogen-bond donors (Lipinski definition) is 1. The van der Waals surface area contributed by atoms with Crippen LogP contribution in [0.1, 0.15) is 36.1 Å². The number of nitro benzene ring substituents is 1. The minimum absolute atomic E-state index is 0.176. The number of benzene rings is 2. The Morgan fingerprint density at radius 2 is 1.69 bits per heavy atom. The first-order chi connectivity index (χ1) is 13.6. The standard InChI is InChI=1S/C20H26N4O4S/c1-6-23(7-2)29(27,28)20-12-17(24(25)26)8-9-19(20)22-21-13-18-15(4)10-14(3)11-16(18)5/h8-13,22H,6-7H2,1-5H3. The third-order valence-corrected chi connectivity index (χ3v) is 6.71. The highest BCUT2D eigenvalue weighted by Gasteiger charge is 2.27. The fourth-order valence-corrected chi connectivity index (χ4v) is 4.81. The van der Waals surface area contributed by atoms with E-state index in [1.165, 1.54) is 16.4 Å². The highest BCUT2D eigenvalue weighted by molar-refractivity contribution is 7.89. The number of anilines is 1. The largest absolute Gasteiger partial charge is 0.277 e. The van der Waals surface area contributed by atoms with Crippen LogP contribution in [-0.2, 0) is 10.0 Å². The summed E-state index contributed by atoms with van der Waals surface area (Å²) in [6.45, 7) is 9.91. The molecule has 29 heavy (non-hydrogen) atoms. The van der Waals surface area contributed by atoms with E-state index in [0.29, 0.717) is 0 Å². The molecule has 2 aromatic carbocycles. The molecule has 0 aliphatic heterocycles. The lowest BCUT2D eigenvalue weighted by Crippen LogP contribution is -2.31. The predicted octanol–water partition coefficient (Wildman–Crippen LogP) is 4.00. The van der Waals surface area contributed by atoms with Crippen LogP contribution < -0.4 is 5.43 Å². The van der Waals surface area contributed by atoms with E-state index in [4.69, 9.17) is 0 Å². The monoisotopic (exact) mass is 418 g/mol. The summed E-state index contributed by atoms with van der Waals surface area (Å²) in [5.74, 6) is 0. The molecule has 156 valence electrons. The Bertz CT molecular complexity index is 1020. The van der Waals surface area contributed by atoms with Crippen molar-refractivity contribution in [1.82, 2.24) is 4.31 Å². The van der Waals surface area contributed by atoms with Crippen LogP contribution in [0.4, 0.5) is 11.4 Å². The SMILES string of the molecule is CCN(CC)S(=O)(=O)c1cc([N+](=O)[O-])ccc1NN=Cc1c(C)cc(C)cc1C. The van der Waals surface area contributed by atoms with Gasteiger partial charge in [0.1, 0.15) is 4.90 Å². The Hall–Kier alpha value is -2.78. The van der Waals surface area contributed by atoms with Gasteiger partial charge in [0.2, 0.25) is 10.0 Å². The summed E-state index contributed by atoms with van der Waals surface area (Å²) in [4.78, 5) is 10.4. The fraction of sp³-hybridized carbons (Fsp3) is 0.350. The number of nitrogens with one attached hydrogen (secondary N) is 1. The topological polar surface area (TPSA) is 105 Å². The third-order valence-electron chi connectivity index (χ3n) is 4.62. The smallest absolute Gasteiger partial charge is 0.270 e. The number of non-ortho nitro benzene ring substituents is 1. The Balaban J connectivity index is 2.47. The van der Waals surface area contributed by atoms with Crippen molar-refractivity contribution < 1.29 is 13.3 Å². The number of nitro groups is 1. The highest BCUT2D eigenvalue weighted by atomic mass is 32.2. The van der Waals surface area contributed by atoms with Gasteiger partial charge in [-0.2, -0.15) is 9.41 Å². The normalized spacial score (nSPS) is 11.9. The van der Waals surface area contributed by atoms with Crippen LogP contribution in [0.3, 0.4) is 0 Å². The molecule has 1 N–H and O–H groups in total. The molecule has 0 amide bonds. The lowest BCUT2D eigenvalue weighted by Gasteiger charge is -2.20. The van der Waals surface area contributed by atoms with Crippen LogP contribution in [0, 0.1) is 30.9 Å². The lowest BCUT2D eigenvalue weighted by molar-refractivity contribution is -0.385. The van der Waals surface area contributed by atoms with E-state index in [-0.39, 0.29) is 29.4 Å². The van der Waals surface area contributed by atoms with Gasteiger partial charge in [0.25, 0.3) is 5.69 Å². The number of nitrogens with zero attached hydrogens (tertiary/aromatic N) is 3. The molecule has 0 atom stereocenters. The van der Waals surface area contributed by atoms with Crippen molar-refractivity contribution in [3.8, 4) is 0 Å². The molecule has 2 aromatic rings. The number of rotatable bonds is 8. The van der Waals surface area contributed by atoms with Crippen LogP contribution >= 0.6 is 0 Å². The van der Waals surface area contributed by atoms with Gasteiger partial charge in [-0.1, -0.05) is 31.5 Å². The maximum Gasteiger partial charge on any atom is 0.270 e. The molecular weight excluding hydrogens is 392 g/mol. The summed E-state index contributed by atoms with van der Waals surface area (Å²) >= 11 is 0. The van der Waals surface area contributed by atoms with Gasteiger partial charge in [-0.05, 0) is 38.0 Å². The van der Waals surface area contributed by atoms with Crippen LogP contribution in [0.15, 0.2) is 40.3 Å². The molecule has 8 nitrogen and oxygen atoms in total. The quantitative estimate of drug-likeness (QED) is 0.396. The van der Waals surface area contributed by atoms with Crippen LogP contribution in [-0.4, -0.2) is 37.0 Å². The molecule has 2 rings (SSSR count). The molecule has 0 aliphatic carbocycles. The minimum atomic E-state index is -3.91. The van der Waals surface area contributed by atoms with Crippen LogP contribution in [0.2, 0.25) is 0 Å². The lowest BCUT2D eigenvalue weighted by atomic mass is 10.0. The van der Waals surface area contributed by atoms with E-state index in [0.717, 1.165) is 28.3 Å². The first-order valence-corrected chi connectivity index (χ1v) is 10.7. The molecule has 0 spiro atoms. The predicted molar refractivity (Wildman–Crippen MR) is 115 cm³/mol. The highest BCUT2D eigenvalue weighted by Crippen LogP contribution is 2.29. The molecular formula is C20H26N4O4S. The average Bonchev–Trinajstić information content (AvgIpc) is 2.64. The van der Waals surface area contributed by atoms with Crippen LogP contribution in [0.5, 0.6) is 0 Å². The summed E-state index contributed by atoms with van der Waals surface area (Å²) in [5, 5.41) is 15.3. The zero-order chi connectivity index (χ0) is 21.8.